The molecule has 0 spiro atoms. The molecule has 0 aliphatic rings. The van der Waals surface area contributed by atoms with Crippen molar-refractivity contribution in [2.75, 3.05) is 26.6 Å². The lowest BCUT2D eigenvalue weighted by Crippen LogP contribution is -2.09. The smallest absolute Gasteiger partial charge is 0.387 e. The molecule has 0 heterocycles. The molecule has 1 N–H and O–H groups in total. The standard InChI is InChI=1S/C19H19F2NO5/c1-24-14-7-4-12(16(11-14)26-3)5-9-18(23)22-13-6-8-15(25-2)17(10-13)27-19(20)21/h4-11,19H,1-3H3,(H,22,23). The van der Waals surface area contributed by atoms with E-state index in [-0.39, 0.29) is 17.2 Å². The molecule has 0 unspecified atom stereocenters. The van der Waals surface area contributed by atoms with E-state index in [1.807, 2.05) is 0 Å². The Labute approximate surface area is 155 Å². The van der Waals surface area contributed by atoms with Crippen LogP contribution in [0.3, 0.4) is 0 Å². The number of carbonyl (C=O) groups is 1. The molecular weight excluding hydrogens is 360 g/mol. The van der Waals surface area contributed by atoms with Crippen molar-refractivity contribution in [1.82, 2.24) is 0 Å². The minimum atomic E-state index is -3.01. The van der Waals surface area contributed by atoms with Gasteiger partial charge in [-0.15, -0.1) is 0 Å². The van der Waals surface area contributed by atoms with E-state index in [1.165, 1.54) is 38.5 Å². The highest BCUT2D eigenvalue weighted by Gasteiger charge is 2.12. The van der Waals surface area contributed by atoms with E-state index in [1.54, 1.807) is 31.4 Å². The number of anilines is 1. The molecule has 6 nitrogen and oxygen atoms in total. The molecule has 2 aromatic carbocycles. The summed E-state index contributed by atoms with van der Waals surface area (Å²) in [5.74, 6) is 0.660. The van der Waals surface area contributed by atoms with Gasteiger partial charge in [-0.1, -0.05) is 0 Å². The molecule has 0 aliphatic carbocycles. The van der Waals surface area contributed by atoms with Gasteiger partial charge in [0, 0.05) is 29.5 Å². The number of alkyl halides is 2. The number of ether oxygens (including phenoxy) is 4. The number of halogens is 2. The highest BCUT2D eigenvalue weighted by atomic mass is 19.3. The molecule has 0 aromatic heterocycles. The first kappa shape index (κ1) is 20.0. The van der Waals surface area contributed by atoms with Crippen molar-refractivity contribution in [3.05, 3.63) is 48.0 Å². The van der Waals surface area contributed by atoms with Crippen molar-refractivity contribution >= 4 is 17.7 Å². The fourth-order valence-corrected chi connectivity index (χ4v) is 2.25. The second-order valence-electron chi connectivity index (χ2n) is 5.17. The summed E-state index contributed by atoms with van der Waals surface area (Å²) in [5.41, 5.74) is 0.952. The molecule has 2 aromatic rings. The summed E-state index contributed by atoms with van der Waals surface area (Å²) < 4.78 is 44.6. The zero-order valence-corrected chi connectivity index (χ0v) is 15.0. The summed E-state index contributed by atoms with van der Waals surface area (Å²) in [7, 11) is 4.38. The molecule has 0 saturated heterocycles. The van der Waals surface area contributed by atoms with Crippen LogP contribution in [0.5, 0.6) is 23.0 Å². The summed E-state index contributed by atoms with van der Waals surface area (Å²) in [6.07, 6.45) is 2.86. The van der Waals surface area contributed by atoms with E-state index in [9.17, 15) is 13.6 Å². The van der Waals surface area contributed by atoms with E-state index < -0.39 is 12.5 Å². The molecule has 1 amide bonds. The van der Waals surface area contributed by atoms with E-state index >= 15 is 0 Å². The Morgan fingerprint density at radius 1 is 0.963 bits per heavy atom. The van der Waals surface area contributed by atoms with Crippen LogP contribution in [-0.2, 0) is 4.79 Å². The van der Waals surface area contributed by atoms with Gasteiger partial charge in [0.2, 0.25) is 5.91 Å². The van der Waals surface area contributed by atoms with Crippen LogP contribution < -0.4 is 24.3 Å². The van der Waals surface area contributed by atoms with Gasteiger partial charge in [-0.25, -0.2) is 0 Å². The highest BCUT2D eigenvalue weighted by Crippen LogP contribution is 2.31. The summed E-state index contributed by atoms with van der Waals surface area (Å²) in [4.78, 5) is 12.1. The monoisotopic (exact) mass is 379 g/mol. The maximum absolute atomic E-state index is 12.5. The van der Waals surface area contributed by atoms with E-state index in [0.717, 1.165) is 0 Å². The Hall–Kier alpha value is -3.29. The van der Waals surface area contributed by atoms with Gasteiger partial charge >= 0.3 is 6.61 Å². The Bertz CT molecular complexity index is 824. The van der Waals surface area contributed by atoms with Crippen LogP contribution >= 0.6 is 0 Å². The number of benzene rings is 2. The SMILES string of the molecule is COc1ccc(C=CC(=O)Nc2ccc(OC)c(OC(F)F)c2)c(OC)c1. The van der Waals surface area contributed by atoms with E-state index in [0.29, 0.717) is 17.1 Å². The van der Waals surface area contributed by atoms with Crippen molar-refractivity contribution in [2.45, 2.75) is 6.61 Å². The quantitative estimate of drug-likeness (QED) is 0.703. The van der Waals surface area contributed by atoms with Crippen LogP contribution in [0.25, 0.3) is 6.08 Å². The summed E-state index contributed by atoms with van der Waals surface area (Å²) in [6.45, 7) is -3.01. The summed E-state index contributed by atoms with van der Waals surface area (Å²) >= 11 is 0. The largest absolute Gasteiger partial charge is 0.497 e. The first-order chi connectivity index (χ1) is 13.0. The second kappa shape index (κ2) is 9.42. The van der Waals surface area contributed by atoms with Crippen molar-refractivity contribution in [1.29, 1.82) is 0 Å². The molecule has 0 atom stereocenters. The van der Waals surface area contributed by atoms with Gasteiger partial charge in [-0.2, -0.15) is 8.78 Å². The third-order valence-electron chi connectivity index (χ3n) is 3.50. The highest BCUT2D eigenvalue weighted by molar-refractivity contribution is 6.02. The predicted molar refractivity (Wildman–Crippen MR) is 96.8 cm³/mol. The Morgan fingerprint density at radius 2 is 1.70 bits per heavy atom. The molecule has 8 heteroatoms. The number of methoxy groups -OCH3 is 3. The minimum Gasteiger partial charge on any atom is -0.497 e. The predicted octanol–water partition coefficient (Wildman–Crippen LogP) is 3.97. The number of amides is 1. The van der Waals surface area contributed by atoms with E-state index in [4.69, 9.17) is 14.2 Å². The lowest BCUT2D eigenvalue weighted by atomic mass is 10.1. The second-order valence-corrected chi connectivity index (χ2v) is 5.17. The first-order valence-corrected chi connectivity index (χ1v) is 7.80. The first-order valence-electron chi connectivity index (χ1n) is 7.80. The maximum Gasteiger partial charge on any atom is 0.387 e. The molecule has 144 valence electrons. The van der Waals surface area contributed by atoms with Gasteiger partial charge < -0.3 is 24.3 Å². The van der Waals surface area contributed by atoms with Crippen LogP contribution in [0.15, 0.2) is 42.5 Å². The lowest BCUT2D eigenvalue weighted by Gasteiger charge is -2.11. The topological polar surface area (TPSA) is 66.0 Å². The number of hydrogen-bond acceptors (Lipinski definition) is 5. The summed E-state index contributed by atoms with van der Waals surface area (Å²) in [6, 6.07) is 9.35. The van der Waals surface area contributed by atoms with Crippen molar-refractivity contribution in [3.8, 4) is 23.0 Å². The third-order valence-corrected chi connectivity index (χ3v) is 3.50. The number of rotatable bonds is 8. The van der Waals surface area contributed by atoms with Gasteiger partial charge in [0.05, 0.1) is 21.3 Å². The van der Waals surface area contributed by atoms with Crippen LogP contribution in [0.4, 0.5) is 14.5 Å². The van der Waals surface area contributed by atoms with Gasteiger partial charge in [0.15, 0.2) is 11.5 Å². The number of hydrogen-bond donors (Lipinski definition) is 1. The molecule has 0 aliphatic heterocycles. The average Bonchev–Trinajstić information content (AvgIpc) is 2.66. The number of carbonyl (C=O) groups excluding carboxylic acids is 1. The van der Waals surface area contributed by atoms with E-state index in [2.05, 4.69) is 10.1 Å². The fourth-order valence-electron chi connectivity index (χ4n) is 2.25. The molecule has 27 heavy (non-hydrogen) atoms. The third kappa shape index (κ3) is 5.60. The zero-order chi connectivity index (χ0) is 19.8. The van der Waals surface area contributed by atoms with Crippen LogP contribution in [0.2, 0.25) is 0 Å². The molecule has 2 rings (SSSR count). The Balaban J connectivity index is 2.12. The fraction of sp³-hybridized carbons (Fsp3) is 0.211. The molecule has 0 radical (unpaired) electrons. The van der Waals surface area contributed by atoms with Gasteiger partial charge in [-0.3, -0.25) is 4.79 Å². The van der Waals surface area contributed by atoms with Crippen LogP contribution in [0.1, 0.15) is 5.56 Å². The van der Waals surface area contributed by atoms with Crippen LogP contribution in [-0.4, -0.2) is 33.8 Å². The van der Waals surface area contributed by atoms with Crippen molar-refractivity contribution < 1.29 is 32.5 Å². The Morgan fingerprint density at radius 3 is 2.33 bits per heavy atom. The van der Waals surface area contributed by atoms with Gasteiger partial charge in [0.1, 0.15) is 11.5 Å². The van der Waals surface area contributed by atoms with Gasteiger partial charge in [0.25, 0.3) is 0 Å². The zero-order valence-electron chi connectivity index (χ0n) is 15.0. The van der Waals surface area contributed by atoms with Crippen molar-refractivity contribution in [3.63, 3.8) is 0 Å². The maximum atomic E-state index is 12.5. The average molecular weight is 379 g/mol. The molecular formula is C19H19F2NO5. The molecule has 0 bridgehead atoms. The summed E-state index contributed by atoms with van der Waals surface area (Å²) in [5, 5.41) is 2.57. The van der Waals surface area contributed by atoms with Gasteiger partial charge in [-0.05, 0) is 30.3 Å². The van der Waals surface area contributed by atoms with Crippen molar-refractivity contribution in [2.24, 2.45) is 0 Å². The Kier molecular flexibility index (Phi) is 6.99. The molecule has 0 saturated carbocycles. The molecule has 0 fully saturated rings. The van der Waals surface area contributed by atoms with Crippen LogP contribution in [0, 0.1) is 0 Å². The lowest BCUT2D eigenvalue weighted by molar-refractivity contribution is -0.111. The normalized spacial score (nSPS) is 10.7. The number of nitrogens with one attached hydrogen (secondary N) is 1. The minimum absolute atomic E-state index is 0.131.